The van der Waals surface area contributed by atoms with E-state index in [2.05, 4.69) is 20.5 Å². The van der Waals surface area contributed by atoms with Gasteiger partial charge in [-0.05, 0) is 19.1 Å². The first-order chi connectivity index (χ1) is 13.6. The lowest BCUT2D eigenvalue weighted by Gasteiger charge is -2.08. The third kappa shape index (κ3) is 3.56. The normalized spacial score (nSPS) is 11.2. The van der Waals surface area contributed by atoms with Gasteiger partial charge in [-0.1, -0.05) is 48.0 Å². The Morgan fingerprint density at radius 2 is 1.86 bits per heavy atom. The van der Waals surface area contributed by atoms with Crippen molar-refractivity contribution in [2.45, 2.75) is 6.92 Å². The number of aryl methyl sites for hydroxylation is 1. The number of hydrogen-bond acceptors (Lipinski definition) is 7. The van der Waals surface area contributed by atoms with Crippen LogP contribution in [0.1, 0.15) is 11.3 Å². The van der Waals surface area contributed by atoms with E-state index in [9.17, 15) is 10.1 Å². The number of rotatable bonds is 5. The van der Waals surface area contributed by atoms with Crippen LogP contribution in [0.15, 0.2) is 70.2 Å². The summed E-state index contributed by atoms with van der Waals surface area (Å²) < 4.78 is 5.03. The molecule has 2 aromatic carbocycles. The lowest BCUT2D eigenvalue weighted by Crippen LogP contribution is -1.99. The van der Waals surface area contributed by atoms with Gasteiger partial charge >= 0.3 is 5.88 Å². The van der Waals surface area contributed by atoms with Crippen LogP contribution in [0.5, 0.6) is 0 Å². The second kappa shape index (κ2) is 7.28. The van der Waals surface area contributed by atoms with Gasteiger partial charge in [0.15, 0.2) is 5.76 Å². The molecule has 0 spiro atoms. The molecule has 1 N–H and O–H groups in total. The molecule has 138 valence electrons. The number of para-hydroxylation sites is 1. The minimum absolute atomic E-state index is 0.249. The second-order valence-corrected chi connectivity index (χ2v) is 6.08. The first-order valence-corrected chi connectivity index (χ1v) is 8.47. The Labute approximate surface area is 159 Å². The molecule has 0 aliphatic carbocycles. The van der Waals surface area contributed by atoms with Crippen molar-refractivity contribution in [2.75, 3.05) is 5.43 Å². The number of aromatic nitrogens is 2. The zero-order valence-electron chi connectivity index (χ0n) is 14.9. The maximum Gasteiger partial charge on any atom is 0.433 e. The van der Waals surface area contributed by atoms with E-state index < -0.39 is 4.92 Å². The number of furan rings is 1. The summed E-state index contributed by atoms with van der Waals surface area (Å²) in [6.07, 6.45) is 1.33. The standard InChI is InChI=1S/C20H15N5O3/c1-13-6-8-14(9-7-13)19-16-4-2-3-5-17(16)22-20(23-19)24-21-12-15-10-11-18(28-15)25(26)27/h2-12H,1H3,(H,22,23,24). The number of hydrazone groups is 1. The van der Waals surface area contributed by atoms with Crippen molar-refractivity contribution >= 4 is 29.0 Å². The molecule has 0 amide bonds. The van der Waals surface area contributed by atoms with Crippen molar-refractivity contribution in [2.24, 2.45) is 5.10 Å². The van der Waals surface area contributed by atoms with Crippen LogP contribution in [-0.4, -0.2) is 21.1 Å². The van der Waals surface area contributed by atoms with E-state index in [1.807, 2.05) is 55.5 Å². The minimum Gasteiger partial charge on any atom is -0.400 e. The highest BCUT2D eigenvalue weighted by Crippen LogP contribution is 2.27. The second-order valence-electron chi connectivity index (χ2n) is 6.08. The molecule has 0 saturated heterocycles. The average molecular weight is 373 g/mol. The van der Waals surface area contributed by atoms with E-state index in [1.165, 1.54) is 18.3 Å². The van der Waals surface area contributed by atoms with Crippen LogP contribution in [-0.2, 0) is 0 Å². The van der Waals surface area contributed by atoms with Crippen LogP contribution in [0.2, 0.25) is 0 Å². The zero-order chi connectivity index (χ0) is 19.5. The Morgan fingerprint density at radius 1 is 1.07 bits per heavy atom. The largest absolute Gasteiger partial charge is 0.433 e. The fourth-order valence-corrected chi connectivity index (χ4v) is 2.72. The van der Waals surface area contributed by atoms with Gasteiger partial charge < -0.3 is 4.42 Å². The van der Waals surface area contributed by atoms with E-state index in [0.717, 1.165) is 27.7 Å². The van der Waals surface area contributed by atoms with E-state index in [4.69, 9.17) is 4.42 Å². The Balaban J connectivity index is 1.66. The summed E-state index contributed by atoms with van der Waals surface area (Å²) in [5.41, 5.74) is 6.46. The first-order valence-electron chi connectivity index (χ1n) is 8.47. The molecule has 8 heteroatoms. The molecule has 2 aromatic heterocycles. The monoisotopic (exact) mass is 373 g/mol. The van der Waals surface area contributed by atoms with Crippen molar-refractivity contribution in [3.05, 3.63) is 82.1 Å². The molecule has 4 aromatic rings. The Kier molecular flexibility index (Phi) is 4.51. The van der Waals surface area contributed by atoms with Crippen LogP contribution in [0.4, 0.5) is 11.8 Å². The Bertz CT molecular complexity index is 1180. The summed E-state index contributed by atoms with van der Waals surface area (Å²) in [6, 6.07) is 18.5. The number of anilines is 1. The summed E-state index contributed by atoms with van der Waals surface area (Å²) >= 11 is 0. The van der Waals surface area contributed by atoms with Gasteiger partial charge in [-0.25, -0.2) is 15.4 Å². The van der Waals surface area contributed by atoms with Crippen molar-refractivity contribution in [1.29, 1.82) is 0 Å². The molecule has 8 nitrogen and oxygen atoms in total. The molecule has 0 aliphatic heterocycles. The molecule has 28 heavy (non-hydrogen) atoms. The van der Waals surface area contributed by atoms with Gasteiger partial charge in [-0.2, -0.15) is 5.10 Å². The van der Waals surface area contributed by atoms with Crippen LogP contribution >= 0.6 is 0 Å². The Morgan fingerprint density at radius 3 is 2.61 bits per heavy atom. The molecule has 0 bridgehead atoms. The predicted molar refractivity (Wildman–Crippen MR) is 106 cm³/mol. The number of fused-ring (bicyclic) bond motifs is 1. The average Bonchev–Trinajstić information content (AvgIpc) is 3.17. The molecule has 4 rings (SSSR count). The predicted octanol–water partition coefficient (Wildman–Crippen LogP) is 4.55. The third-order valence-electron chi connectivity index (χ3n) is 4.08. The summed E-state index contributed by atoms with van der Waals surface area (Å²) in [4.78, 5) is 19.1. The molecule has 0 saturated carbocycles. The number of nitrogens with zero attached hydrogens (tertiary/aromatic N) is 4. The lowest BCUT2D eigenvalue weighted by atomic mass is 10.1. The van der Waals surface area contributed by atoms with Gasteiger partial charge in [-0.15, -0.1) is 0 Å². The van der Waals surface area contributed by atoms with E-state index in [0.29, 0.717) is 5.95 Å². The SMILES string of the molecule is Cc1ccc(-c2nc(NN=Cc3ccc([N+](=O)[O-])o3)nc3ccccc23)cc1. The van der Waals surface area contributed by atoms with Crippen LogP contribution < -0.4 is 5.43 Å². The summed E-state index contributed by atoms with van der Waals surface area (Å²) in [7, 11) is 0. The maximum atomic E-state index is 10.7. The molecule has 0 unspecified atom stereocenters. The topological polar surface area (TPSA) is 106 Å². The van der Waals surface area contributed by atoms with Gasteiger partial charge in [0.1, 0.15) is 4.92 Å². The lowest BCUT2D eigenvalue weighted by molar-refractivity contribution is -0.402. The molecule has 0 atom stereocenters. The number of benzene rings is 2. The quantitative estimate of drug-likeness (QED) is 0.312. The van der Waals surface area contributed by atoms with E-state index >= 15 is 0 Å². The highest BCUT2D eigenvalue weighted by atomic mass is 16.6. The number of nitrogens with one attached hydrogen (secondary N) is 1. The number of nitro groups is 1. The minimum atomic E-state index is -0.606. The highest BCUT2D eigenvalue weighted by Gasteiger charge is 2.11. The van der Waals surface area contributed by atoms with Gasteiger partial charge in [0, 0.05) is 10.9 Å². The van der Waals surface area contributed by atoms with Gasteiger partial charge in [0.25, 0.3) is 0 Å². The molecule has 2 heterocycles. The number of hydrogen-bond donors (Lipinski definition) is 1. The van der Waals surface area contributed by atoms with Crippen LogP contribution in [0.3, 0.4) is 0 Å². The first kappa shape index (κ1) is 17.3. The summed E-state index contributed by atoms with van der Waals surface area (Å²) in [5, 5.41) is 15.6. The molecule has 0 aliphatic rings. The molecule has 0 radical (unpaired) electrons. The van der Waals surface area contributed by atoms with Crippen molar-refractivity contribution in [1.82, 2.24) is 9.97 Å². The van der Waals surface area contributed by atoms with Crippen LogP contribution in [0.25, 0.3) is 22.2 Å². The van der Waals surface area contributed by atoms with Gasteiger partial charge in [-0.3, -0.25) is 10.1 Å². The fourth-order valence-electron chi connectivity index (χ4n) is 2.72. The van der Waals surface area contributed by atoms with Crippen LogP contribution in [0, 0.1) is 17.0 Å². The van der Waals surface area contributed by atoms with Crippen molar-refractivity contribution in [3.8, 4) is 11.3 Å². The van der Waals surface area contributed by atoms with Gasteiger partial charge in [0.05, 0.1) is 23.5 Å². The molecule has 0 fully saturated rings. The zero-order valence-corrected chi connectivity index (χ0v) is 14.9. The van der Waals surface area contributed by atoms with Crippen molar-refractivity contribution < 1.29 is 9.34 Å². The van der Waals surface area contributed by atoms with E-state index in [1.54, 1.807) is 0 Å². The maximum absolute atomic E-state index is 10.7. The molecular formula is C20H15N5O3. The van der Waals surface area contributed by atoms with Crippen molar-refractivity contribution in [3.63, 3.8) is 0 Å². The highest BCUT2D eigenvalue weighted by molar-refractivity contribution is 5.93. The Hall–Kier alpha value is -4.07. The molecular weight excluding hydrogens is 358 g/mol. The van der Waals surface area contributed by atoms with Gasteiger partial charge in [0.2, 0.25) is 5.95 Å². The smallest absolute Gasteiger partial charge is 0.400 e. The van der Waals surface area contributed by atoms with E-state index in [-0.39, 0.29) is 11.6 Å². The fraction of sp³-hybridized carbons (Fsp3) is 0.0500. The third-order valence-corrected chi connectivity index (χ3v) is 4.08. The summed E-state index contributed by atoms with van der Waals surface area (Å²) in [6.45, 7) is 2.03. The summed E-state index contributed by atoms with van der Waals surface area (Å²) in [5.74, 6) is 0.218.